The van der Waals surface area contributed by atoms with Crippen molar-refractivity contribution in [3.8, 4) is 0 Å². The number of nitrogens with two attached hydrogens (primary N) is 1. The predicted octanol–water partition coefficient (Wildman–Crippen LogP) is 3.49. The average molecular weight is 348 g/mol. The lowest BCUT2D eigenvalue weighted by molar-refractivity contribution is 0.131. The zero-order chi connectivity index (χ0) is 12.5. The summed E-state index contributed by atoms with van der Waals surface area (Å²) in [5, 5.41) is 3.32. The molecule has 0 unspecified atom stereocenters. The Morgan fingerprint density at radius 3 is 2.76 bits per heavy atom. The molecule has 3 N–H and O–H groups in total. The summed E-state index contributed by atoms with van der Waals surface area (Å²) in [4.78, 5) is 0. The summed E-state index contributed by atoms with van der Waals surface area (Å²) in [7, 11) is 0. The monoisotopic (exact) mass is 348 g/mol. The zero-order valence-corrected chi connectivity index (χ0v) is 12.5. The summed E-state index contributed by atoms with van der Waals surface area (Å²) >= 11 is 2.26. The smallest absolute Gasteiger partial charge is 0.0574 e. The van der Waals surface area contributed by atoms with Gasteiger partial charge in [0.15, 0.2) is 0 Å². The second-order valence-corrected chi connectivity index (χ2v) is 5.22. The number of nitrogen functional groups attached to an aromatic ring is 1. The summed E-state index contributed by atoms with van der Waals surface area (Å²) in [6.45, 7) is 4.76. The fraction of sp³-hybridized carbons (Fsp3) is 0.538. The number of rotatable bonds is 8. The number of halogens is 1. The summed E-state index contributed by atoms with van der Waals surface area (Å²) in [6.07, 6.45) is 3.35. The molecule has 17 heavy (non-hydrogen) atoms. The first-order chi connectivity index (χ1) is 8.24. The van der Waals surface area contributed by atoms with Crippen LogP contribution < -0.4 is 11.1 Å². The van der Waals surface area contributed by atoms with Gasteiger partial charge < -0.3 is 15.8 Å². The molecule has 0 atom stereocenters. The first kappa shape index (κ1) is 14.6. The SMILES string of the molecule is CCCCOCCCNc1ccc(I)cc1N. The number of benzene rings is 1. The standard InChI is InChI=1S/C13H21IN2O/c1-2-3-8-17-9-4-7-16-13-6-5-11(14)10-12(13)15/h5-6,10,16H,2-4,7-9,15H2,1H3. The number of unbranched alkanes of at least 4 members (excludes halogenated alkanes) is 1. The summed E-state index contributed by atoms with van der Waals surface area (Å²) < 4.78 is 6.65. The van der Waals surface area contributed by atoms with Gasteiger partial charge in [-0.05, 0) is 53.6 Å². The van der Waals surface area contributed by atoms with E-state index >= 15 is 0 Å². The molecule has 0 aromatic heterocycles. The Balaban J connectivity index is 2.14. The van der Waals surface area contributed by atoms with Gasteiger partial charge in [-0.25, -0.2) is 0 Å². The summed E-state index contributed by atoms with van der Waals surface area (Å²) in [5.41, 5.74) is 7.73. The minimum atomic E-state index is 0.809. The Morgan fingerprint density at radius 2 is 2.06 bits per heavy atom. The van der Waals surface area contributed by atoms with Gasteiger partial charge in [-0.3, -0.25) is 0 Å². The van der Waals surface area contributed by atoms with Gasteiger partial charge in [0.1, 0.15) is 0 Å². The van der Waals surface area contributed by atoms with Gasteiger partial charge in [0.05, 0.1) is 11.4 Å². The summed E-state index contributed by atoms with van der Waals surface area (Å²) in [5.74, 6) is 0. The molecule has 0 saturated heterocycles. The number of ether oxygens (including phenoxy) is 1. The van der Waals surface area contributed by atoms with E-state index in [1.54, 1.807) is 0 Å². The largest absolute Gasteiger partial charge is 0.397 e. The fourth-order valence-electron chi connectivity index (χ4n) is 1.44. The lowest BCUT2D eigenvalue weighted by Crippen LogP contribution is -2.07. The van der Waals surface area contributed by atoms with Crippen LogP contribution in [0.25, 0.3) is 0 Å². The Bertz CT molecular complexity index is 331. The number of hydrogen-bond acceptors (Lipinski definition) is 3. The van der Waals surface area contributed by atoms with Crippen LogP contribution in [-0.2, 0) is 4.74 Å². The molecule has 0 radical (unpaired) electrons. The highest BCUT2D eigenvalue weighted by atomic mass is 127. The average Bonchev–Trinajstić information content (AvgIpc) is 2.30. The van der Waals surface area contributed by atoms with Crippen LogP contribution in [0.3, 0.4) is 0 Å². The molecule has 0 aliphatic rings. The van der Waals surface area contributed by atoms with Crippen LogP contribution in [0.4, 0.5) is 11.4 Å². The zero-order valence-electron chi connectivity index (χ0n) is 10.3. The van der Waals surface area contributed by atoms with E-state index in [-0.39, 0.29) is 0 Å². The molecule has 0 saturated carbocycles. The molecule has 4 heteroatoms. The van der Waals surface area contributed by atoms with Crippen molar-refractivity contribution in [1.29, 1.82) is 0 Å². The molecule has 1 aromatic rings. The Labute approximate surface area is 117 Å². The topological polar surface area (TPSA) is 47.3 Å². The molecule has 0 fully saturated rings. The van der Waals surface area contributed by atoms with E-state index in [4.69, 9.17) is 10.5 Å². The minimum absolute atomic E-state index is 0.809. The van der Waals surface area contributed by atoms with Crippen LogP contribution in [0, 0.1) is 3.57 Å². The van der Waals surface area contributed by atoms with Crippen molar-refractivity contribution in [2.45, 2.75) is 26.2 Å². The van der Waals surface area contributed by atoms with Crippen molar-refractivity contribution in [2.75, 3.05) is 30.8 Å². The van der Waals surface area contributed by atoms with E-state index < -0.39 is 0 Å². The van der Waals surface area contributed by atoms with E-state index in [0.717, 1.165) is 47.5 Å². The number of anilines is 2. The van der Waals surface area contributed by atoms with Gasteiger partial charge in [-0.1, -0.05) is 13.3 Å². The minimum Gasteiger partial charge on any atom is -0.397 e. The number of hydrogen-bond donors (Lipinski definition) is 2. The van der Waals surface area contributed by atoms with E-state index in [1.807, 2.05) is 12.1 Å². The second kappa shape index (κ2) is 8.58. The number of nitrogens with one attached hydrogen (secondary N) is 1. The van der Waals surface area contributed by atoms with Crippen LogP contribution >= 0.6 is 22.6 Å². The highest BCUT2D eigenvalue weighted by Gasteiger charge is 1.98. The molecule has 1 rings (SSSR count). The van der Waals surface area contributed by atoms with Gasteiger partial charge in [0.25, 0.3) is 0 Å². The molecule has 0 bridgehead atoms. The normalized spacial score (nSPS) is 10.5. The van der Waals surface area contributed by atoms with Gasteiger partial charge in [0, 0.05) is 23.3 Å². The van der Waals surface area contributed by atoms with Crippen molar-refractivity contribution >= 4 is 34.0 Å². The van der Waals surface area contributed by atoms with Crippen LogP contribution in [-0.4, -0.2) is 19.8 Å². The van der Waals surface area contributed by atoms with E-state index in [0.29, 0.717) is 0 Å². The maximum absolute atomic E-state index is 5.90. The van der Waals surface area contributed by atoms with Gasteiger partial charge in [-0.2, -0.15) is 0 Å². The third-order valence-corrected chi connectivity index (χ3v) is 3.11. The van der Waals surface area contributed by atoms with Crippen molar-refractivity contribution in [3.05, 3.63) is 21.8 Å². The van der Waals surface area contributed by atoms with Crippen molar-refractivity contribution in [3.63, 3.8) is 0 Å². The lowest BCUT2D eigenvalue weighted by Gasteiger charge is -2.09. The van der Waals surface area contributed by atoms with E-state index in [1.165, 1.54) is 6.42 Å². The molecule has 96 valence electrons. The Kier molecular flexibility index (Phi) is 7.35. The molecular formula is C13H21IN2O. The molecule has 0 aliphatic heterocycles. The van der Waals surface area contributed by atoms with E-state index in [2.05, 4.69) is 40.9 Å². The first-order valence-corrected chi connectivity index (χ1v) is 7.18. The molecular weight excluding hydrogens is 327 g/mol. The second-order valence-electron chi connectivity index (χ2n) is 3.98. The van der Waals surface area contributed by atoms with Crippen LogP contribution in [0.15, 0.2) is 18.2 Å². The van der Waals surface area contributed by atoms with Crippen molar-refractivity contribution in [2.24, 2.45) is 0 Å². The maximum atomic E-state index is 5.90. The Morgan fingerprint density at radius 1 is 1.29 bits per heavy atom. The van der Waals surface area contributed by atoms with Crippen LogP contribution in [0.2, 0.25) is 0 Å². The third-order valence-electron chi connectivity index (χ3n) is 2.44. The van der Waals surface area contributed by atoms with Gasteiger partial charge in [0.2, 0.25) is 0 Å². The Hall–Kier alpha value is -0.490. The predicted molar refractivity (Wildman–Crippen MR) is 82.4 cm³/mol. The third kappa shape index (κ3) is 6.12. The van der Waals surface area contributed by atoms with Gasteiger partial charge in [-0.15, -0.1) is 0 Å². The molecule has 0 amide bonds. The maximum Gasteiger partial charge on any atom is 0.0574 e. The van der Waals surface area contributed by atoms with Crippen molar-refractivity contribution in [1.82, 2.24) is 0 Å². The van der Waals surface area contributed by atoms with Crippen molar-refractivity contribution < 1.29 is 4.74 Å². The molecule has 1 aromatic carbocycles. The van der Waals surface area contributed by atoms with E-state index in [9.17, 15) is 0 Å². The molecule has 0 spiro atoms. The lowest BCUT2D eigenvalue weighted by atomic mass is 10.2. The highest BCUT2D eigenvalue weighted by molar-refractivity contribution is 14.1. The highest BCUT2D eigenvalue weighted by Crippen LogP contribution is 2.20. The van der Waals surface area contributed by atoms with Crippen LogP contribution in [0.1, 0.15) is 26.2 Å². The van der Waals surface area contributed by atoms with Gasteiger partial charge >= 0.3 is 0 Å². The summed E-state index contributed by atoms with van der Waals surface area (Å²) in [6, 6.07) is 6.05. The quantitative estimate of drug-likeness (QED) is 0.430. The molecule has 0 aliphatic carbocycles. The molecule has 0 heterocycles. The van der Waals surface area contributed by atoms with Crippen LogP contribution in [0.5, 0.6) is 0 Å². The molecule has 3 nitrogen and oxygen atoms in total. The fourth-order valence-corrected chi connectivity index (χ4v) is 1.96. The first-order valence-electron chi connectivity index (χ1n) is 6.10.